The second-order valence-corrected chi connectivity index (χ2v) is 2.96. The van der Waals surface area contributed by atoms with Crippen LogP contribution in [-0.2, 0) is 0 Å². The van der Waals surface area contributed by atoms with Crippen molar-refractivity contribution in [1.29, 1.82) is 0 Å². The highest BCUT2D eigenvalue weighted by atomic mass is 35.5. The largest absolute Gasteiger partial charge is 0.319 e. The molecule has 0 unspecified atom stereocenters. The first kappa shape index (κ1) is 10.3. The Labute approximate surface area is 78.3 Å². The molecule has 0 heterocycles. The minimum Gasteiger partial charge on any atom is -0.319 e. The fraction of sp³-hybridized carbons (Fsp3) is 0.250. The van der Waals surface area contributed by atoms with Crippen LogP contribution < -0.4 is 5.73 Å². The van der Waals surface area contributed by atoms with E-state index in [9.17, 15) is 13.2 Å². The lowest BCUT2D eigenvalue weighted by atomic mass is 10.1. The van der Waals surface area contributed by atoms with E-state index < -0.39 is 18.3 Å². The van der Waals surface area contributed by atoms with Gasteiger partial charge in [-0.15, -0.1) is 0 Å². The minimum atomic E-state index is -2.78. The summed E-state index contributed by atoms with van der Waals surface area (Å²) in [5.41, 5.74) is 4.83. The van der Waals surface area contributed by atoms with Gasteiger partial charge in [0.2, 0.25) is 0 Å². The topological polar surface area (TPSA) is 26.0 Å². The van der Waals surface area contributed by atoms with Gasteiger partial charge in [0.1, 0.15) is 5.82 Å². The van der Waals surface area contributed by atoms with Gasteiger partial charge in [-0.25, -0.2) is 13.2 Å². The van der Waals surface area contributed by atoms with E-state index in [0.29, 0.717) is 0 Å². The Morgan fingerprint density at radius 1 is 1.31 bits per heavy atom. The molecule has 0 aliphatic rings. The van der Waals surface area contributed by atoms with E-state index in [1.165, 1.54) is 6.07 Å². The lowest BCUT2D eigenvalue weighted by Gasteiger charge is -2.11. The fourth-order valence-electron chi connectivity index (χ4n) is 0.908. The molecule has 0 aliphatic heterocycles. The van der Waals surface area contributed by atoms with E-state index in [1.54, 1.807) is 0 Å². The third-order valence-corrected chi connectivity index (χ3v) is 1.83. The van der Waals surface area contributed by atoms with Crippen LogP contribution in [0.25, 0.3) is 0 Å². The van der Waals surface area contributed by atoms with Crippen molar-refractivity contribution in [2.45, 2.75) is 12.5 Å². The van der Waals surface area contributed by atoms with Crippen molar-refractivity contribution >= 4 is 11.6 Å². The van der Waals surface area contributed by atoms with Crippen LogP contribution in [0.1, 0.15) is 11.6 Å². The molecule has 0 aromatic heterocycles. The van der Waals surface area contributed by atoms with Crippen molar-refractivity contribution in [3.8, 4) is 0 Å². The lowest BCUT2D eigenvalue weighted by Crippen LogP contribution is -2.20. The van der Waals surface area contributed by atoms with Gasteiger partial charge in [-0.3, -0.25) is 0 Å². The number of nitrogens with two attached hydrogens (primary N) is 1. The van der Waals surface area contributed by atoms with Crippen molar-refractivity contribution in [3.05, 3.63) is 34.6 Å². The van der Waals surface area contributed by atoms with Crippen LogP contribution in [0.4, 0.5) is 13.2 Å². The Morgan fingerprint density at radius 2 is 1.92 bits per heavy atom. The molecule has 0 fully saturated rings. The second-order valence-electron chi connectivity index (χ2n) is 2.53. The summed E-state index contributed by atoms with van der Waals surface area (Å²) in [6.07, 6.45) is -2.78. The number of halogens is 4. The van der Waals surface area contributed by atoms with E-state index in [2.05, 4.69) is 0 Å². The maximum atomic E-state index is 13.0. The molecule has 1 aromatic rings. The molecule has 72 valence electrons. The standard InChI is InChI=1S/C8H7ClF3N/c9-4-1-2-5(6(10)3-4)7(13)8(11)12/h1-3,7-8H,13H2/t7-/m0/s1. The lowest BCUT2D eigenvalue weighted by molar-refractivity contribution is 0.115. The van der Waals surface area contributed by atoms with Crippen molar-refractivity contribution in [1.82, 2.24) is 0 Å². The van der Waals surface area contributed by atoms with Gasteiger partial charge in [0.25, 0.3) is 6.43 Å². The summed E-state index contributed by atoms with van der Waals surface area (Å²) in [6.45, 7) is 0. The number of hydrogen-bond donors (Lipinski definition) is 1. The van der Waals surface area contributed by atoms with Gasteiger partial charge in [0.15, 0.2) is 0 Å². The third kappa shape index (κ3) is 2.35. The molecule has 1 aromatic carbocycles. The summed E-state index contributed by atoms with van der Waals surface area (Å²) in [5.74, 6) is -0.805. The van der Waals surface area contributed by atoms with Gasteiger partial charge in [0.05, 0.1) is 6.04 Å². The van der Waals surface area contributed by atoms with E-state index >= 15 is 0 Å². The normalized spacial score (nSPS) is 13.4. The van der Waals surface area contributed by atoms with Crippen LogP contribution in [0, 0.1) is 5.82 Å². The molecule has 0 bridgehead atoms. The Hall–Kier alpha value is -0.740. The van der Waals surface area contributed by atoms with Gasteiger partial charge >= 0.3 is 0 Å². The predicted molar refractivity (Wildman–Crippen MR) is 44.3 cm³/mol. The second kappa shape index (κ2) is 3.98. The van der Waals surface area contributed by atoms with Gasteiger partial charge in [0, 0.05) is 10.6 Å². The van der Waals surface area contributed by atoms with Gasteiger partial charge in [-0.1, -0.05) is 17.7 Å². The first-order valence-corrected chi connectivity index (χ1v) is 3.89. The maximum absolute atomic E-state index is 13.0. The number of benzene rings is 1. The van der Waals surface area contributed by atoms with Crippen LogP contribution in [0.3, 0.4) is 0 Å². The van der Waals surface area contributed by atoms with Crippen LogP contribution >= 0.6 is 11.6 Å². The zero-order chi connectivity index (χ0) is 10.0. The van der Waals surface area contributed by atoms with Crippen LogP contribution in [0.2, 0.25) is 5.02 Å². The zero-order valence-corrected chi connectivity index (χ0v) is 7.23. The van der Waals surface area contributed by atoms with Gasteiger partial charge < -0.3 is 5.73 Å². The number of hydrogen-bond acceptors (Lipinski definition) is 1. The molecule has 0 saturated heterocycles. The van der Waals surface area contributed by atoms with Crippen LogP contribution in [0.15, 0.2) is 18.2 Å². The SMILES string of the molecule is N[C@@H](c1ccc(Cl)cc1F)C(F)F. The molecular formula is C8H7ClF3N. The number of rotatable bonds is 2. The molecule has 1 rings (SSSR count). The van der Waals surface area contributed by atoms with Crippen LogP contribution in [0.5, 0.6) is 0 Å². The Bertz CT molecular complexity index is 303. The first-order valence-electron chi connectivity index (χ1n) is 3.51. The average molecular weight is 210 g/mol. The van der Waals surface area contributed by atoms with E-state index in [1.807, 2.05) is 0 Å². The highest BCUT2D eigenvalue weighted by molar-refractivity contribution is 6.30. The molecule has 5 heteroatoms. The Balaban J connectivity index is 3.01. The van der Waals surface area contributed by atoms with Gasteiger partial charge in [-0.05, 0) is 12.1 Å². The molecule has 0 spiro atoms. The van der Waals surface area contributed by atoms with Crippen molar-refractivity contribution in [2.24, 2.45) is 5.73 Å². The Kier molecular flexibility index (Phi) is 3.17. The molecule has 0 saturated carbocycles. The smallest absolute Gasteiger partial charge is 0.257 e. The molecule has 13 heavy (non-hydrogen) atoms. The summed E-state index contributed by atoms with van der Waals surface area (Å²) in [5, 5.41) is 0.155. The summed E-state index contributed by atoms with van der Waals surface area (Å²) >= 11 is 5.43. The maximum Gasteiger partial charge on any atom is 0.257 e. The van der Waals surface area contributed by atoms with Crippen molar-refractivity contribution < 1.29 is 13.2 Å². The highest BCUT2D eigenvalue weighted by Crippen LogP contribution is 2.23. The van der Waals surface area contributed by atoms with Crippen LogP contribution in [-0.4, -0.2) is 6.43 Å². The van der Waals surface area contributed by atoms with E-state index in [0.717, 1.165) is 12.1 Å². The summed E-state index contributed by atoms with van der Waals surface area (Å²) < 4.78 is 37.1. The van der Waals surface area contributed by atoms with E-state index in [4.69, 9.17) is 17.3 Å². The molecule has 0 amide bonds. The zero-order valence-electron chi connectivity index (χ0n) is 6.48. The minimum absolute atomic E-state index is 0.155. The molecule has 1 nitrogen and oxygen atoms in total. The molecule has 1 atom stereocenters. The number of alkyl halides is 2. The summed E-state index contributed by atoms with van der Waals surface area (Å²) in [7, 11) is 0. The molecular weight excluding hydrogens is 203 g/mol. The van der Waals surface area contributed by atoms with Gasteiger partial charge in [-0.2, -0.15) is 0 Å². The van der Waals surface area contributed by atoms with Crippen molar-refractivity contribution in [3.63, 3.8) is 0 Å². The molecule has 0 radical (unpaired) electrons. The van der Waals surface area contributed by atoms with E-state index in [-0.39, 0.29) is 10.6 Å². The fourth-order valence-corrected chi connectivity index (χ4v) is 1.07. The predicted octanol–water partition coefficient (Wildman–Crippen LogP) is 2.74. The van der Waals surface area contributed by atoms with Crippen molar-refractivity contribution in [2.75, 3.05) is 0 Å². The summed E-state index contributed by atoms with van der Waals surface area (Å²) in [6, 6.07) is 1.84. The third-order valence-electron chi connectivity index (χ3n) is 1.59. The summed E-state index contributed by atoms with van der Waals surface area (Å²) in [4.78, 5) is 0. The average Bonchev–Trinajstić information content (AvgIpc) is 2.03. The quantitative estimate of drug-likeness (QED) is 0.796. The molecule has 2 N–H and O–H groups in total. The first-order chi connectivity index (χ1) is 6.02. The monoisotopic (exact) mass is 209 g/mol. The highest BCUT2D eigenvalue weighted by Gasteiger charge is 2.20. The Morgan fingerprint density at radius 3 is 2.38 bits per heavy atom. The molecule has 0 aliphatic carbocycles.